The average Bonchev–Trinajstić information content (AvgIpc) is 2.43. The predicted octanol–water partition coefficient (Wildman–Crippen LogP) is 5.36. The van der Waals surface area contributed by atoms with Crippen LogP contribution < -0.4 is 5.32 Å². The van der Waals surface area contributed by atoms with Gasteiger partial charge in [-0.3, -0.25) is 4.79 Å². The van der Waals surface area contributed by atoms with Crippen LogP contribution in [0.2, 0.25) is 0 Å². The van der Waals surface area contributed by atoms with Crippen molar-refractivity contribution < 1.29 is 4.79 Å². The topological polar surface area (TPSA) is 29.1 Å². The van der Waals surface area contributed by atoms with Crippen LogP contribution in [0.25, 0.3) is 0 Å². The molecule has 0 aliphatic rings. The van der Waals surface area contributed by atoms with E-state index in [9.17, 15) is 4.79 Å². The van der Waals surface area contributed by atoms with Crippen molar-refractivity contribution in [3.05, 3.63) is 29.8 Å². The fourth-order valence-corrected chi connectivity index (χ4v) is 2.43. The molecule has 1 amide bonds. The van der Waals surface area contributed by atoms with E-state index in [1.807, 2.05) is 19.9 Å². The maximum Gasteiger partial charge on any atom is 0.226 e. The molecule has 2 heteroatoms. The molecule has 20 heavy (non-hydrogen) atoms. The highest BCUT2D eigenvalue weighted by atomic mass is 16.1. The number of benzene rings is 1. The molecular formula is C18H29NO. The summed E-state index contributed by atoms with van der Waals surface area (Å²) >= 11 is 0. The lowest BCUT2D eigenvalue weighted by Crippen LogP contribution is -2.17. The Hall–Kier alpha value is -1.31. The van der Waals surface area contributed by atoms with Crippen molar-refractivity contribution in [2.24, 2.45) is 5.92 Å². The van der Waals surface area contributed by atoms with Gasteiger partial charge in [-0.15, -0.1) is 0 Å². The number of amides is 1. The first-order chi connectivity index (χ1) is 9.58. The van der Waals surface area contributed by atoms with Crippen molar-refractivity contribution in [1.29, 1.82) is 0 Å². The van der Waals surface area contributed by atoms with Gasteiger partial charge in [0.1, 0.15) is 0 Å². The number of carbonyl (C=O) groups excluding carboxylic acids is 1. The third kappa shape index (κ3) is 5.36. The van der Waals surface area contributed by atoms with Gasteiger partial charge in [-0.05, 0) is 36.5 Å². The maximum absolute atomic E-state index is 11.8. The Kier molecular flexibility index (Phi) is 7.35. The smallest absolute Gasteiger partial charge is 0.226 e. The van der Waals surface area contributed by atoms with Crippen molar-refractivity contribution in [1.82, 2.24) is 0 Å². The summed E-state index contributed by atoms with van der Waals surface area (Å²) in [6.45, 7) is 8.31. The molecule has 0 aliphatic heterocycles. The van der Waals surface area contributed by atoms with Crippen molar-refractivity contribution in [3.8, 4) is 0 Å². The Morgan fingerprint density at radius 1 is 1.15 bits per heavy atom. The van der Waals surface area contributed by atoms with E-state index in [0.29, 0.717) is 5.92 Å². The lowest BCUT2D eigenvalue weighted by Gasteiger charge is -2.18. The number of unbranched alkanes of at least 4 members (excludes halogenated alkanes) is 1. The fraction of sp³-hybridized carbons (Fsp3) is 0.611. The molecule has 0 bridgehead atoms. The monoisotopic (exact) mass is 275 g/mol. The molecular weight excluding hydrogens is 246 g/mol. The lowest BCUT2D eigenvalue weighted by molar-refractivity contribution is -0.118. The number of anilines is 1. The Labute approximate surface area is 124 Å². The minimum atomic E-state index is 0.0187. The molecule has 0 saturated heterocycles. The highest BCUT2D eigenvalue weighted by molar-refractivity contribution is 5.92. The summed E-state index contributed by atoms with van der Waals surface area (Å²) in [4.78, 5) is 11.8. The van der Waals surface area contributed by atoms with E-state index in [1.54, 1.807) is 0 Å². The Morgan fingerprint density at radius 2 is 1.90 bits per heavy atom. The first-order valence-electron chi connectivity index (χ1n) is 7.99. The molecule has 1 atom stereocenters. The van der Waals surface area contributed by atoms with Crippen LogP contribution in [0.15, 0.2) is 24.3 Å². The van der Waals surface area contributed by atoms with E-state index in [2.05, 4.69) is 37.4 Å². The Bertz CT molecular complexity index is 412. The number of carbonyl (C=O) groups is 1. The van der Waals surface area contributed by atoms with Crippen LogP contribution in [0, 0.1) is 5.92 Å². The van der Waals surface area contributed by atoms with E-state index in [1.165, 1.54) is 37.7 Å². The molecule has 2 nitrogen and oxygen atoms in total. The third-order valence-corrected chi connectivity index (χ3v) is 3.69. The van der Waals surface area contributed by atoms with Gasteiger partial charge in [0.25, 0.3) is 0 Å². The van der Waals surface area contributed by atoms with Crippen LogP contribution >= 0.6 is 0 Å². The van der Waals surface area contributed by atoms with Crippen LogP contribution in [-0.4, -0.2) is 5.91 Å². The largest absolute Gasteiger partial charge is 0.326 e. The number of rotatable bonds is 8. The molecule has 0 aromatic heterocycles. The maximum atomic E-state index is 11.8. The zero-order valence-corrected chi connectivity index (χ0v) is 13.4. The van der Waals surface area contributed by atoms with Gasteiger partial charge in [-0.1, -0.05) is 59.1 Å². The second kappa shape index (κ2) is 8.78. The van der Waals surface area contributed by atoms with E-state index >= 15 is 0 Å². The summed E-state index contributed by atoms with van der Waals surface area (Å²) in [6.07, 6.45) is 6.18. The molecule has 0 saturated carbocycles. The summed E-state index contributed by atoms with van der Waals surface area (Å²) in [6, 6.07) is 8.38. The van der Waals surface area contributed by atoms with Gasteiger partial charge in [-0.2, -0.15) is 0 Å². The van der Waals surface area contributed by atoms with E-state index in [-0.39, 0.29) is 11.8 Å². The van der Waals surface area contributed by atoms with Gasteiger partial charge in [0.05, 0.1) is 0 Å². The molecule has 0 spiro atoms. The summed E-state index contributed by atoms with van der Waals surface area (Å²) in [7, 11) is 0. The van der Waals surface area contributed by atoms with Crippen LogP contribution in [0.4, 0.5) is 5.69 Å². The summed E-state index contributed by atoms with van der Waals surface area (Å²) in [5.74, 6) is 0.726. The summed E-state index contributed by atoms with van der Waals surface area (Å²) < 4.78 is 0. The molecule has 1 aromatic rings. The van der Waals surface area contributed by atoms with Gasteiger partial charge in [0.15, 0.2) is 0 Å². The van der Waals surface area contributed by atoms with Crippen molar-refractivity contribution in [2.75, 3.05) is 5.32 Å². The number of nitrogens with one attached hydrogen (secondary N) is 1. The van der Waals surface area contributed by atoms with Crippen molar-refractivity contribution >= 4 is 11.6 Å². The molecule has 0 aliphatic carbocycles. The van der Waals surface area contributed by atoms with Crippen LogP contribution in [0.3, 0.4) is 0 Å². The number of hydrogen-bond acceptors (Lipinski definition) is 1. The van der Waals surface area contributed by atoms with Crippen molar-refractivity contribution in [3.63, 3.8) is 0 Å². The second-order valence-electron chi connectivity index (χ2n) is 5.90. The minimum Gasteiger partial charge on any atom is -0.326 e. The third-order valence-electron chi connectivity index (χ3n) is 3.69. The quantitative estimate of drug-likeness (QED) is 0.680. The molecule has 1 aromatic carbocycles. The van der Waals surface area contributed by atoms with Crippen LogP contribution in [-0.2, 0) is 4.79 Å². The van der Waals surface area contributed by atoms with Gasteiger partial charge in [0, 0.05) is 11.6 Å². The fourth-order valence-electron chi connectivity index (χ4n) is 2.43. The van der Waals surface area contributed by atoms with Crippen LogP contribution in [0.1, 0.15) is 71.3 Å². The molecule has 1 rings (SSSR count). The standard InChI is InChI=1S/C18H29NO/c1-5-7-10-15(9-6-2)16-11-8-12-17(13-16)19-18(20)14(3)4/h8,11-15H,5-7,9-10H2,1-4H3,(H,19,20). The SMILES string of the molecule is CCCCC(CCC)c1cccc(NC(=O)C(C)C)c1. The summed E-state index contributed by atoms with van der Waals surface area (Å²) in [5.41, 5.74) is 2.29. The van der Waals surface area contributed by atoms with Gasteiger partial charge >= 0.3 is 0 Å². The molecule has 1 unspecified atom stereocenters. The Morgan fingerprint density at radius 3 is 2.50 bits per heavy atom. The Balaban J connectivity index is 2.80. The molecule has 1 N–H and O–H groups in total. The van der Waals surface area contributed by atoms with E-state index < -0.39 is 0 Å². The zero-order valence-electron chi connectivity index (χ0n) is 13.4. The predicted molar refractivity (Wildman–Crippen MR) is 87.1 cm³/mol. The first-order valence-corrected chi connectivity index (χ1v) is 7.99. The van der Waals surface area contributed by atoms with Crippen LogP contribution in [0.5, 0.6) is 0 Å². The highest BCUT2D eigenvalue weighted by Crippen LogP contribution is 2.28. The van der Waals surface area contributed by atoms with E-state index in [4.69, 9.17) is 0 Å². The van der Waals surface area contributed by atoms with Crippen molar-refractivity contribution in [2.45, 2.75) is 65.7 Å². The normalized spacial score (nSPS) is 12.4. The molecule has 0 radical (unpaired) electrons. The van der Waals surface area contributed by atoms with Gasteiger partial charge < -0.3 is 5.32 Å². The minimum absolute atomic E-state index is 0.0187. The highest BCUT2D eigenvalue weighted by Gasteiger charge is 2.12. The zero-order chi connectivity index (χ0) is 15.0. The molecule has 0 fully saturated rings. The number of hydrogen-bond donors (Lipinski definition) is 1. The van der Waals surface area contributed by atoms with Gasteiger partial charge in [0.2, 0.25) is 5.91 Å². The molecule has 112 valence electrons. The summed E-state index contributed by atoms with van der Waals surface area (Å²) in [5, 5.41) is 3.00. The first kappa shape index (κ1) is 16.7. The molecule has 0 heterocycles. The van der Waals surface area contributed by atoms with Gasteiger partial charge in [-0.25, -0.2) is 0 Å². The average molecular weight is 275 g/mol. The second-order valence-corrected chi connectivity index (χ2v) is 5.90. The van der Waals surface area contributed by atoms with E-state index in [0.717, 1.165) is 5.69 Å². The lowest BCUT2D eigenvalue weighted by atomic mass is 9.89.